The topological polar surface area (TPSA) is 81.2 Å². The maximum atomic E-state index is 14.8. The molecule has 40 heavy (non-hydrogen) atoms. The highest BCUT2D eigenvalue weighted by atomic mass is 35.5. The molecule has 1 spiro atoms. The molecule has 3 heterocycles. The molecule has 2 unspecified atom stereocenters. The molecular formula is C31H42ClN3O4S. The van der Waals surface area contributed by atoms with Crippen molar-refractivity contribution in [2.45, 2.75) is 69.0 Å². The van der Waals surface area contributed by atoms with E-state index in [1.807, 2.05) is 39.8 Å². The summed E-state index contributed by atoms with van der Waals surface area (Å²) in [6, 6.07) is 4.10. The van der Waals surface area contributed by atoms with E-state index in [9.17, 15) is 19.5 Å². The lowest BCUT2D eigenvalue weighted by Crippen LogP contribution is -2.58. The number of rotatable bonds is 12. The Morgan fingerprint density at radius 2 is 1.95 bits per heavy atom. The first kappa shape index (κ1) is 30.7. The van der Waals surface area contributed by atoms with Crippen LogP contribution in [0.3, 0.4) is 0 Å². The number of carbonyl (C=O) groups excluding carboxylic acids is 3. The van der Waals surface area contributed by atoms with Crippen molar-refractivity contribution in [3.05, 3.63) is 54.1 Å². The third kappa shape index (κ3) is 4.90. The highest BCUT2D eigenvalue weighted by molar-refractivity contribution is 8.02. The van der Waals surface area contributed by atoms with Gasteiger partial charge in [0, 0.05) is 24.9 Å². The van der Waals surface area contributed by atoms with Gasteiger partial charge in [0.25, 0.3) is 5.91 Å². The minimum Gasteiger partial charge on any atom is -0.394 e. The highest BCUT2D eigenvalue weighted by Crippen LogP contribution is 2.67. The van der Waals surface area contributed by atoms with Gasteiger partial charge in [-0.1, -0.05) is 56.7 Å². The smallest absolute Gasteiger partial charge is 0.251 e. The molecule has 1 aromatic carbocycles. The number of hydrogen-bond acceptors (Lipinski definition) is 5. The molecule has 3 aliphatic rings. The van der Waals surface area contributed by atoms with Crippen molar-refractivity contribution in [3.63, 3.8) is 0 Å². The number of aliphatic hydroxyl groups is 1. The summed E-state index contributed by atoms with van der Waals surface area (Å²) >= 11 is 8.29. The monoisotopic (exact) mass is 587 g/mol. The number of nitrogens with zero attached hydrogens (tertiary/aromatic N) is 3. The quantitative estimate of drug-likeness (QED) is 0.359. The number of aryl methyl sites for hydroxylation is 1. The number of para-hydroxylation sites is 1. The van der Waals surface area contributed by atoms with Gasteiger partial charge in [0.2, 0.25) is 11.8 Å². The van der Waals surface area contributed by atoms with E-state index < -0.39 is 28.7 Å². The molecule has 3 aliphatic heterocycles. The highest BCUT2D eigenvalue weighted by Gasteiger charge is 2.74. The largest absolute Gasteiger partial charge is 0.394 e. The number of fused-ring (bicyclic) bond motifs is 1. The number of carbonyl (C=O) groups is 3. The maximum Gasteiger partial charge on any atom is 0.251 e. The van der Waals surface area contributed by atoms with Crippen LogP contribution in [0, 0.1) is 24.7 Å². The number of likely N-dealkylation sites (tertiary alicyclic amines) is 1. The molecule has 7 nitrogen and oxygen atoms in total. The fourth-order valence-corrected chi connectivity index (χ4v) is 9.61. The molecule has 2 bridgehead atoms. The van der Waals surface area contributed by atoms with Crippen LogP contribution in [0.4, 0.5) is 5.69 Å². The van der Waals surface area contributed by atoms with Crippen LogP contribution >= 0.6 is 23.4 Å². The lowest BCUT2D eigenvalue weighted by atomic mass is 9.70. The van der Waals surface area contributed by atoms with E-state index in [0.29, 0.717) is 30.2 Å². The third-order valence-corrected chi connectivity index (χ3v) is 11.0. The van der Waals surface area contributed by atoms with E-state index in [-0.39, 0.29) is 42.0 Å². The minimum absolute atomic E-state index is 0.0374. The van der Waals surface area contributed by atoms with E-state index in [0.717, 1.165) is 18.4 Å². The first-order valence-corrected chi connectivity index (χ1v) is 15.5. The Kier molecular flexibility index (Phi) is 9.42. The predicted molar refractivity (Wildman–Crippen MR) is 162 cm³/mol. The normalized spacial score (nSPS) is 27.6. The van der Waals surface area contributed by atoms with Gasteiger partial charge < -0.3 is 19.8 Å². The predicted octanol–water partition coefficient (Wildman–Crippen LogP) is 4.70. The molecular weight excluding hydrogens is 546 g/mol. The van der Waals surface area contributed by atoms with Crippen molar-refractivity contribution in [2.75, 3.05) is 31.1 Å². The number of hydrogen-bond donors (Lipinski definition) is 1. The van der Waals surface area contributed by atoms with Gasteiger partial charge >= 0.3 is 0 Å². The Labute approximate surface area is 247 Å². The summed E-state index contributed by atoms with van der Waals surface area (Å²) in [5, 5.41) is 10.9. The van der Waals surface area contributed by atoms with Crippen LogP contribution in [0.25, 0.3) is 0 Å². The molecule has 3 amide bonds. The Bertz CT molecular complexity index is 1150. The van der Waals surface area contributed by atoms with Crippen molar-refractivity contribution in [2.24, 2.45) is 17.8 Å². The van der Waals surface area contributed by atoms with E-state index >= 15 is 0 Å². The van der Waals surface area contributed by atoms with Gasteiger partial charge in [-0.15, -0.1) is 24.9 Å². The minimum atomic E-state index is -0.841. The Morgan fingerprint density at radius 3 is 2.52 bits per heavy atom. The van der Waals surface area contributed by atoms with E-state index in [1.54, 1.807) is 44.7 Å². The molecule has 3 saturated heterocycles. The molecule has 9 heteroatoms. The summed E-state index contributed by atoms with van der Waals surface area (Å²) in [7, 11) is 0. The summed E-state index contributed by atoms with van der Waals surface area (Å²) in [5.74, 6) is -1.73. The molecule has 0 aromatic heterocycles. The van der Waals surface area contributed by atoms with Crippen molar-refractivity contribution in [1.29, 1.82) is 0 Å². The summed E-state index contributed by atoms with van der Waals surface area (Å²) in [4.78, 5) is 48.4. The van der Waals surface area contributed by atoms with Gasteiger partial charge in [-0.25, -0.2) is 0 Å². The number of anilines is 1. The van der Waals surface area contributed by atoms with Gasteiger partial charge in [0.15, 0.2) is 0 Å². The zero-order chi connectivity index (χ0) is 29.4. The third-order valence-electron chi connectivity index (χ3n) is 8.76. The molecule has 6 atom stereocenters. The van der Waals surface area contributed by atoms with Crippen LogP contribution in [-0.2, 0) is 14.4 Å². The summed E-state index contributed by atoms with van der Waals surface area (Å²) < 4.78 is -0.762. The van der Waals surface area contributed by atoms with Crippen LogP contribution in [0.15, 0.2) is 43.5 Å². The standard InChI is InChI=1S/C31H42ClN3O4S/c1-7-15-33(16-8-2)28(37)24-23-13-14-31(40-23)25(24)29(38)35(22(18-36)19(4)5)27(31)30(39)34(17-9-3)26-20(6)11-10-12-21(26)32/h7,9-12,19,22-25,27,36H,1,3,8,13-18H2,2,4-6H3/t22-,23-,24+,25-,27?,31?/m0/s1. The van der Waals surface area contributed by atoms with Crippen LogP contribution in [0.1, 0.15) is 45.6 Å². The van der Waals surface area contributed by atoms with Crippen molar-refractivity contribution in [1.82, 2.24) is 9.80 Å². The number of thioether (sulfide) groups is 1. The van der Waals surface area contributed by atoms with Crippen LogP contribution in [-0.4, -0.2) is 80.9 Å². The number of amides is 3. The molecule has 1 N–H and O–H groups in total. The zero-order valence-corrected chi connectivity index (χ0v) is 25.6. The molecule has 1 aromatic rings. The second-order valence-corrected chi connectivity index (χ2v) is 13.5. The number of halogens is 1. The van der Waals surface area contributed by atoms with Crippen LogP contribution < -0.4 is 4.90 Å². The van der Waals surface area contributed by atoms with E-state index in [4.69, 9.17) is 11.6 Å². The Hall–Kier alpha value is -2.29. The summed E-state index contributed by atoms with van der Waals surface area (Å²) in [5.41, 5.74) is 1.43. The van der Waals surface area contributed by atoms with Crippen molar-refractivity contribution in [3.8, 4) is 0 Å². The average molecular weight is 588 g/mol. The zero-order valence-electron chi connectivity index (χ0n) is 24.0. The lowest BCUT2D eigenvalue weighted by molar-refractivity contribution is -0.146. The summed E-state index contributed by atoms with van der Waals surface area (Å²) in [6.07, 6.45) is 5.60. The maximum absolute atomic E-state index is 14.8. The second-order valence-electron chi connectivity index (χ2n) is 11.5. The fraction of sp³-hybridized carbons (Fsp3) is 0.581. The van der Waals surface area contributed by atoms with Crippen LogP contribution in [0.2, 0.25) is 5.02 Å². The SMILES string of the molecule is C=CCN(CCC)C(=O)[C@@H]1[C@@H]2CCC3(S2)C(C(=O)N(CC=C)c2c(C)cccc2Cl)N([C@@H](CO)C(C)C)C(=O)[C@H]13. The number of aliphatic hydroxyl groups excluding tert-OH is 1. The van der Waals surface area contributed by atoms with Gasteiger partial charge in [0.1, 0.15) is 6.04 Å². The van der Waals surface area contributed by atoms with Crippen molar-refractivity contribution < 1.29 is 19.5 Å². The van der Waals surface area contributed by atoms with E-state index in [2.05, 4.69) is 13.2 Å². The van der Waals surface area contributed by atoms with E-state index in [1.165, 1.54) is 0 Å². The molecule has 3 fully saturated rings. The average Bonchev–Trinajstić information content (AvgIpc) is 3.55. The molecule has 4 rings (SSSR count). The van der Waals surface area contributed by atoms with Gasteiger partial charge in [-0.2, -0.15) is 0 Å². The first-order valence-electron chi connectivity index (χ1n) is 14.3. The molecule has 0 radical (unpaired) electrons. The summed E-state index contributed by atoms with van der Waals surface area (Å²) in [6.45, 7) is 16.5. The molecule has 0 saturated carbocycles. The van der Waals surface area contributed by atoms with Crippen LogP contribution in [0.5, 0.6) is 0 Å². The number of benzene rings is 1. The first-order chi connectivity index (χ1) is 19.1. The van der Waals surface area contributed by atoms with Gasteiger partial charge in [0.05, 0.1) is 39.9 Å². The Balaban J connectivity index is 1.85. The van der Waals surface area contributed by atoms with Gasteiger partial charge in [-0.3, -0.25) is 14.4 Å². The second kappa shape index (κ2) is 12.3. The fourth-order valence-electron chi connectivity index (χ4n) is 7.09. The molecule has 0 aliphatic carbocycles. The lowest BCUT2D eigenvalue weighted by Gasteiger charge is -2.41. The van der Waals surface area contributed by atoms with Gasteiger partial charge in [-0.05, 0) is 43.7 Å². The Morgan fingerprint density at radius 1 is 1.25 bits per heavy atom. The molecule has 218 valence electrons. The van der Waals surface area contributed by atoms with Crippen molar-refractivity contribution >= 4 is 46.8 Å².